The van der Waals surface area contributed by atoms with E-state index >= 15 is 0 Å². The van der Waals surface area contributed by atoms with E-state index in [0.29, 0.717) is 6.04 Å². The third kappa shape index (κ3) is 2.82. The fraction of sp³-hybridized carbons (Fsp3) is 0.400. The summed E-state index contributed by atoms with van der Waals surface area (Å²) in [6.45, 7) is 2.25. The molecule has 1 saturated heterocycles. The fourth-order valence-corrected chi connectivity index (χ4v) is 2.80. The Balaban J connectivity index is 0.00000133. The smallest absolute Gasteiger partial charge is 0.0446 e. The van der Waals surface area contributed by atoms with Crippen LogP contribution in [0.2, 0.25) is 0 Å². The fourth-order valence-electron chi connectivity index (χ4n) is 2.80. The molecule has 0 radical (unpaired) electrons. The van der Waals surface area contributed by atoms with Crippen molar-refractivity contribution in [1.82, 2.24) is 10.3 Å². The summed E-state index contributed by atoms with van der Waals surface area (Å²) in [5, 5.41) is 5.94. The summed E-state index contributed by atoms with van der Waals surface area (Å²) < 4.78 is 0. The van der Waals surface area contributed by atoms with E-state index in [0.717, 1.165) is 13.1 Å². The van der Waals surface area contributed by atoms with Gasteiger partial charge in [0.15, 0.2) is 0 Å². The van der Waals surface area contributed by atoms with Gasteiger partial charge in [0, 0.05) is 41.9 Å². The summed E-state index contributed by atoms with van der Waals surface area (Å²) in [6.07, 6.45) is 6.26. The van der Waals surface area contributed by atoms with E-state index in [1.807, 2.05) is 12.4 Å². The largest absolute Gasteiger partial charge is 0.371 e. The quantitative estimate of drug-likeness (QED) is 0.915. The Hall–Kier alpha value is -1.32. The molecule has 102 valence electrons. The van der Waals surface area contributed by atoms with Crippen molar-refractivity contribution in [3.8, 4) is 0 Å². The number of piperidine rings is 1. The van der Waals surface area contributed by atoms with Gasteiger partial charge < -0.3 is 10.2 Å². The summed E-state index contributed by atoms with van der Waals surface area (Å²) in [4.78, 5) is 6.63. The lowest BCUT2D eigenvalue weighted by molar-refractivity contribution is 0.444. The molecule has 1 aliphatic heterocycles. The zero-order chi connectivity index (χ0) is 12.4. The van der Waals surface area contributed by atoms with Crippen LogP contribution in [0.3, 0.4) is 0 Å². The van der Waals surface area contributed by atoms with Gasteiger partial charge in [-0.1, -0.05) is 12.1 Å². The number of nitrogens with zero attached hydrogens (tertiary/aromatic N) is 2. The normalized spacial score (nSPS) is 16.1. The number of halogens is 1. The van der Waals surface area contributed by atoms with Gasteiger partial charge in [0.1, 0.15) is 0 Å². The van der Waals surface area contributed by atoms with Crippen LogP contribution in [0.15, 0.2) is 36.7 Å². The number of benzene rings is 1. The number of nitrogens with one attached hydrogen (secondary N) is 1. The van der Waals surface area contributed by atoms with E-state index < -0.39 is 0 Å². The van der Waals surface area contributed by atoms with Gasteiger partial charge in [0.05, 0.1) is 0 Å². The van der Waals surface area contributed by atoms with Crippen LogP contribution in [-0.4, -0.2) is 31.2 Å². The minimum Gasteiger partial charge on any atom is -0.371 e. The van der Waals surface area contributed by atoms with Crippen molar-refractivity contribution in [2.24, 2.45) is 0 Å². The molecule has 1 fully saturated rings. The lowest BCUT2D eigenvalue weighted by Crippen LogP contribution is -2.41. The molecule has 3 rings (SSSR count). The maximum atomic E-state index is 4.20. The SMILES string of the molecule is CN(c1cccc2cnccc12)C1CCNCC1.Cl. The maximum Gasteiger partial charge on any atom is 0.0446 e. The first kappa shape index (κ1) is 14.1. The van der Waals surface area contributed by atoms with Crippen molar-refractivity contribution < 1.29 is 0 Å². The Labute approximate surface area is 120 Å². The number of aromatic nitrogens is 1. The Morgan fingerprint density at radius 1 is 1.21 bits per heavy atom. The van der Waals surface area contributed by atoms with Crippen LogP contribution in [0.1, 0.15) is 12.8 Å². The first-order valence-corrected chi connectivity index (χ1v) is 6.62. The molecule has 0 unspecified atom stereocenters. The standard InChI is InChI=1S/C15H19N3.ClH/c1-18(13-5-8-16-9-6-13)15-4-2-3-12-11-17-10-7-14(12)15;/h2-4,7,10-11,13,16H,5-6,8-9H2,1H3;1H. The number of anilines is 1. The van der Waals surface area contributed by atoms with Crippen LogP contribution in [0.5, 0.6) is 0 Å². The van der Waals surface area contributed by atoms with Gasteiger partial charge >= 0.3 is 0 Å². The first-order valence-electron chi connectivity index (χ1n) is 6.62. The van der Waals surface area contributed by atoms with Crippen molar-refractivity contribution in [1.29, 1.82) is 0 Å². The van der Waals surface area contributed by atoms with Crippen LogP contribution >= 0.6 is 12.4 Å². The van der Waals surface area contributed by atoms with E-state index in [1.165, 1.54) is 29.3 Å². The van der Waals surface area contributed by atoms with Gasteiger partial charge in [-0.3, -0.25) is 4.98 Å². The Kier molecular flexibility index (Phi) is 4.61. The molecule has 2 aromatic rings. The molecule has 0 aliphatic carbocycles. The molecule has 0 bridgehead atoms. The van der Waals surface area contributed by atoms with Gasteiger partial charge in [-0.15, -0.1) is 12.4 Å². The van der Waals surface area contributed by atoms with Crippen LogP contribution < -0.4 is 10.2 Å². The molecule has 1 N–H and O–H groups in total. The van der Waals surface area contributed by atoms with Gasteiger partial charge in [-0.25, -0.2) is 0 Å². The number of hydrogen-bond acceptors (Lipinski definition) is 3. The molecule has 0 spiro atoms. The molecule has 0 amide bonds. The van der Waals surface area contributed by atoms with Crippen molar-refractivity contribution in [3.63, 3.8) is 0 Å². The van der Waals surface area contributed by atoms with Crippen LogP contribution in [0, 0.1) is 0 Å². The topological polar surface area (TPSA) is 28.2 Å². The van der Waals surface area contributed by atoms with E-state index in [1.54, 1.807) is 0 Å². The number of pyridine rings is 1. The molecule has 0 atom stereocenters. The highest BCUT2D eigenvalue weighted by Crippen LogP contribution is 2.28. The van der Waals surface area contributed by atoms with Crippen LogP contribution in [0.4, 0.5) is 5.69 Å². The second-order valence-corrected chi connectivity index (χ2v) is 4.97. The molecule has 0 saturated carbocycles. The predicted octanol–water partition coefficient (Wildman–Crippen LogP) is 2.84. The molecule has 1 aliphatic rings. The Morgan fingerprint density at radius 2 is 2.00 bits per heavy atom. The van der Waals surface area contributed by atoms with E-state index in [2.05, 4.69) is 46.5 Å². The van der Waals surface area contributed by atoms with Crippen LogP contribution in [0.25, 0.3) is 10.8 Å². The van der Waals surface area contributed by atoms with E-state index in [-0.39, 0.29) is 12.4 Å². The van der Waals surface area contributed by atoms with Crippen molar-refractivity contribution in [2.45, 2.75) is 18.9 Å². The van der Waals surface area contributed by atoms with Gasteiger partial charge in [0.25, 0.3) is 0 Å². The average Bonchev–Trinajstić information content (AvgIpc) is 2.47. The Morgan fingerprint density at radius 3 is 2.79 bits per heavy atom. The monoisotopic (exact) mass is 277 g/mol. The molecule has 2 heterocycles. The predicted molar refractivity (Wildman–Crippen MR) is 83.3 cm³/mol. The highest BCUT2D eigenvalue weighted by molar-refractivity contribution is 5.93. The Bertz CT molecular complexity index is 532. The van der Waals surface area contributed by atoms with Crippen molar-refractivity contribution in [3.05, 3.63) is 36.7 Å². The molecular weight excluding hydrogens is 258 g/mol. The van der Waals surface area contributed by atoms with E-state index in [4.69, 9.17) is 0 Å². The van der Waals surface area contributed by atoms with Gasteiger partial charge in [-0.2, -0.15) is 0 Å². The first-order chi connectivity index (χ1) is 8.86. The number of hydrogen-bond donors (Lipinski definition) is 1. The minimum absolute atomic E-state index is 0. The average molecular weight is 278 g/mol. The zero-order valence-electron chi connectivity index (χ0n) is 11.2. The summed E-state index contributed by atoms with van der Waals surface area (Å²) in [6, 6.07) is 9.22. The molecule has 19 heavy (non-hydrogen) atoms. The van der Waals surface area contributed by atoms with Crippen molar-refractivity contribution >= 4 is 28.9 Å². The summed E-state index contributed by atoms with van der Waals surface area (Å²) in [5.74, 6) is 0. The second kappa shape index (κ2) is 6.22. The molecular formula is C15H20ClN3. The summed E-state index contributed by atoms with van der Waals surface area (Å²) in [7, 11) is 2.21. The lowest BCUT2D eigenvalue weighted by Gasteiger charge is -2.34. The molecule has 3 nitrogen and oxygen atoms in total. The summed E-state index contributed by atoms with van der Waals surface area (Å²) >= 11 is 0. The van der Waals surface area contributed by atoms with E-state index in [9.17, 15) is 0 Å². The number of fused-ring (bicyclic) bond motifs is 1. The maximum absolute atomic E-state index is 4.20. The molecule has 1 aromatic heterocycles. The zero-order valence-corrected chi connectivity index (χ0v) is 12.0. The third-order valence-electron chi connectivity index (χ3n) is 3.89. The second-order valence-electron chi connectivity index (χ2n) is 4.97. The highest BCUT2D eigenvalue weighted by Gasteiger charge is 2.19. The number of rotatable bonds is 2. The van der Waals surface area contributed by atoms with Crippen LogP contribution in [-0.2, 0) is 0 Å². The third-order valence-corrected chi connectivity index (χ3v) is 3.89. The molecule has 4 heteroatoms. The highest BCUT2D eigenvalue weighted by atomic mass is 35.5. The van der Waals surface area contributed by atoms with Crippen molar-refractivity contribution in [2.75, 3.05) is 25.0 Å². The minimum atomic E-state index is 0. The lowest BCUT2D eigenvalue weighted by atomic mass is 10.0. The van der Waals surface area contributed by atoms with Gasteiger partial charge in [-0.05, 0) is 38.1 Å². The van der Waals surface area contributed by atoms with Gasteiger partial charge in [0.2, 0.25) is 0 Å². The molecule has 1 aromatic carbocycles. The summed E-state index contributed by atoms with van der Waals surface area (Å²) in [5.41, 5.74) is 1.32.